The maximum Gasteiger partial charge on any atom is 0.323 e. The maximum atomic E-state index is 12.1. The number of hydrogen-bond donors (Lipinski definition) is 0. The first kappa shape index (κ1) is 14.1. The molecule has 0 N–H and O–H groups in total. The number of nitriles is 1. The first-order chi connectivity index (χ1) is 9.16. The quantitative estimate of drug-likeness (QED) is 0.562. The van der Waals surface area contributed by atoms with Crippen LogP contribution in [-0.4, -0.2) is 12.6 Å². The molecule has 3 heteroatoms. The summed E-state index contributed by atoms with van der Waals surface area (Å²) in [4.78, 5) is 12.1. The number of hydrogen-bond acceptors (Lipinski definition) is 3. The Morgan fingerprint density at radius 3 is 2.53 bits per heavy atom. The van der Waals surface area contributed by atoms with Gasteiger partial charge in [-0.1, -0.05) is 12.2 Å². The van der Waals surface area contributed by atoms with Crippen molar-refractivity contribution in [3.05, 3.63) is 12.2 Å². The van der Waals surface area contributed by atoms with Crippen molar-refractivity contribution >= 4 is 5.97 Å². The Morgan fingerprint density at radius 2 is 2.11 bits per heavy atom. The van der Waals surface area contributed by atoms with Crippen LogP contribution in [0.5, 0.6) is 0 Å². The summed E-state index contributed by atoms with van der Waals surface area (Å²) >= 11 is 0. The van der Waals surface area contributed by atoms with Crippen molar-refractivity contribution in [2.45, 2.75) is 46.0 Å². The number of esters is 1. The molecule has 0 radical (unpaired) electrons. The number of ether oxygens (including phenoxy) is 1. The topological polar surface area (TPSA) is 50.1 Å². The number of nitrogens with zero attached hydrogens (tertiary/aromatic N) is 1. The standard InChI is InChI=1S/C16H23NO2/c1-3-5-8-16(9-12-6-7-13(12)10-16)14(11-17)15(18)19-4-2/h3,5,12-14H,4,6-10H2,1-2H3/b5-3+/t12-,13+,14?,16?. The average Bonchev–Trinajstić information content (AvgIpc) is 2.63. The van der Waals surface area contributed by atoms with Crippen LogP contribution in [-0.2, 0) is 9.53 Å². The molecule has 0 amide bonds. The summed E-state index contributed by atoms with van der Waals surface area (Å²) < 4.78 is 5.12. The van der Waals surface area contributed by atoms with Crippen LogP contribution in [0, 0.1) is 34.5 Å². The Balaban J connectivity index is 2.21. The molecule has 0 spiro atoms. The van der Waals surface area contributed by atoms with Crippen molar-refractivity contribution in [3.8, 4) is 6.07 Å². The van der Waals surface area contributed by atoms with E-state index < -0.39 is 5.92 Å². The third-order valence-electron chi connectivity index (χ3n) is 4.94. The van der Waals surface area contributed by atoms with Crippen molar-refractivity contribution in [1.82, 2.24) is 0 Å². The van der Waals surface area contributed by atoms with E-state index in [9.17, 15) is 10.1 Å². The van der Waals surface area contributed by atoms with Gasteiger partial charge in [0.2, 0.25) is 0 Å². The minimum Gasteiger partial charge on any atom is -0.465 e. The Morgan fingerprint density at radius 1 is 1.47 bits per heavy atom. The summed E-state index contributed by atoms with van der Waals surface area (Å²) in [6, 6.07) is 2.24. The van der Waals surface area contributed by atoms with Crippen molar-refractivity contribution in [2.75, 3.05) is 6.61 Å². The number of rotatable bonds is 5. The predicted octanol–water partition coefficient (Wildman–Crippen LogP) is 3.46. The van der Waals surface area contributed by atoms with Crippen LogP contribution in [0.15, 0.2) is 12.2 Å². The molecular formula is C16H23NO2. The normalized spacial score (nSPS) is 34.4. The Labute approximate surface area is 115 Å². The maximum absolute atomic E-state index is 12.1. The minimum atomic E-state index is -0.603. The third kappa shape index (κ3) is 2.54. The van der Waals surface area contributed by atoms with Gasteiger partial charge in [-0.05, 0) is 57.8 Å². The molecule has 104 valence electrons. The summed E-state index contributed by atoms with van der Waals surface area (Å²) in [5.74, 6) is 0.538. The molecule has 0 heterocycles. The highest BCUT2D eigenvalue weighted by Gasteiger charge is 2.54. The van der Waals surface area contributed by atoms with Crippen molar-refractivity contribution < 1.29 is 9.53 Å². The second-order valence-corrected chi connectivity index (χ2v) is 5.96. The zero-order valence-corrected chi connectivity index (χ0v) is 11.9. The molecule has 0 bridgehead atoms. The van der Waals surface area contributed by atoms with Gasteiger partial charge >= 0.3 is 5.97 Å². The van der Waals surface area contributed by atoms with Gasteiger partial charge in [0, 0.05) is 5.41 Å². The Bertz CT molecular complexity index is 395. The fourth-order valence-electron chi connectivity index (χ4n) is 3.84. The fraction of sp³-hybridized carbons (Fsp3) is 0.750. The molecule has 2 saturated carbocycles. The molecular weight excluding hydrogens is 238 g/mol. The average molecular weight is 261 g/mol. The SMILES string of the molecule is C/C=C/CC1(C(C#N)C(=O)OCC)C[C@H]2CC[C@H]2C1. The van der Waals surface area contributed by atoms with Crippen LogP contribution in [0.3, 0.4) is 0 Å². The Hall–Kier alpha value is -1.30. The summed E-state index contributed by atoms with van der Waals surface area (Å²) in [5.41, 5.74) is -0.181. The molecule has 2 unspecified atom stereocenters. The van der Waals surface area contributed by atoms with E-state index in [-0.39, 0.29) is 11.4 Å². The lowest BCUT2D eigenvalue weighted by molar-refractivity contribution is -0.150. The second kappa shape index (κ2) is 5.77. The Kier molecular flexibility index (Phi) is 4.29. The number of carbonyl (C=O) groups is 1. The second-order valence-electron chi connectivity index (χ2n) is 5.96. The molecule has 0 saturated heterocycles. The van der Waals surface area contributed by atoms with E-state index in [4.69, 9.17) is 4.74 Å². The van der Waals surface area contributed by atoms with Crippen LogP contribution in [0.1, 0.15) is 46.0 Å². The van der Waals surface area contributed by atoms with E-state index in [0.29, 0.717) is 6.61 Å². The molecule has 2 aliphatic carbocycles. The minimum absolute atomic E-state index is 0.181. The van der Waals surface area contributed by atoms with Crippen LogP contribution >= 0.6 is 0 Å². The summed E-state index contributed by atoms with van der Waals surface area (Å²) in [6.45, 7) is 4.13. The van der Waals surface area contributed by atoms with E-state index in [0.717, 1.165) is 31.1 Å². The smallest absolute Gasteiger partial charge is 0.323 e. The van der Waals surface area contributed by atoms with Gasteiger partial charge in [0.05, 0.1) is 12.7 Å². The zero-order chi connectivity index (χ0) is 13.9. The first-order valence-corrected chi connectivity index (χ1v) is 7.34. The van der Waals surface area contributed by atoms with E-state index in [2.05, 4.69) is 12.1 Å². The molecule has 0 aromatic rings. The number of allylic oxidation sites excluding steroid dienone is 2. The lowest BCUT2D eigenvalue weighted by Crippen LogP contribution is -2.34. The molecule has 0 aliphatic heterocycles. The first-order valence-electron chi connectivity index (χ1n) is 7.34. The van der Waals surface area contributed by atoms with E-state index in [1.165, 1.54) is 12.8 Å². The molecule has 19 heavy (non-hydrogen) atoms. The molecule has 2 rings (SSSR count). The van der Waals surface area contributed by atoms with Crippen molar-refractivity contribution in [3.63, 3.8) is 0 Å². The zero-order valence-electron chi connectivity index (χ0n) is 11.9. The van der Waals surface area contributed by atoms with Gasteiger partial charge in [-0.15, -0.1) is 0 Å². The monoisotopic (exact) mass is 261 g/mol. The lowest BCUT2D eigenvalue weighted by Gasteiger charge is -2.31. The largest absolute Gasteiger partial charge is 0.465 e. The predicted molar refractivity (Wildman–Crippen MR) is 73.0 cm³/mol. The molecule has 4 atom stereocenters. The van der Waals surface area contributed by atoms with Gasteiger partial charge in [0.25, 0.3) is 0 Å². The van der Waals surface area contributed by atoms with Crippen LogP contribution < -0.4 is 0 Å². The van der Waals surface area contributed by atoms with Crippen molar-refractivity contribution in [2.24, 2.45) is 23.2 Å². The lowest BCUT2D eigenvalue weighted by atomic mass is 9.71. The van der Waals surface area contributed by atoms with Crippen LogP contribution in [0.25, 0.3) is 0 Å². The van der Waals surface area contributed by atoms with Gasteiger partial charge in [-0.25, -0.2) is 0 Å². The molecule has 2 aliphatic rings. The third-order valence-corrected chi connectivity index (χ3v) is 4.94. The molecule has 3 nitrogen and oxygen atoms in total. The summed E-state index contributed by atoms with van der Waals surface area (Å²) in [6.07, 6.45) is 9.51. The highest BCUT2D eigenvalue weighted by atomic mass is 16.5. The highest BCUT2D eigenvalue weighted by Crippen LogP contribution is 2.60. The van der Waals surface area contributed by atoms with E-state index in [1.807, 2.05) is 13.0 Å². The van der Waals surface area contributed by atoms with Gasteiger partial charge in [0.15, 0.2) is 0 Å². The van der Waals surface area contributed by atoms with Gasteiger partial charge in [-0.2, -0.15) is 5.26 Å². The molecule has 2 fully saturated rings. The molecule has 0 aromatic heterocycles. The highest BCUT2D eigenvalue weighted by molar-refractivity contribution is 5.76. The van der Waals surface area contributed by atoms with Crippen LogP contribution in [0.2, 0.25) is 0 Å². The number of carbonyl (C=O) groups excluding carboxylic acids is 1. The number of fused-ring (bicyclic) bond motifs is 1. The van der Waals surface area contributed by atoms with E-state index >= 15 is 0 Å². The van der Waals surface area contributed by atoms with Crippen LogP contribution in [0.4, 0.5) is 0 Å². The van der Waals surface area contributed by atoms with E-state index in [1.54, 1.807) is 6.92 Å². The summed E-state index contributed by atoms with van der Waals surface area (Å²) in [7, 11) is 0. The van der Waals surface area contributed by atoms with Crippen molar-refractivity contribution in [1.29, 1.82) is 5.26 Å². The van der Waals surface area contributed by atoms with Gasteiger partial charge in [0.1, 0.15) is 5.92 Å². The molecule has 0 aromatic carbocycles. The fourth-order valence-corrected chi connectivity index (χ4v) is 3.84. The van der Waals surface area contributed by atoms with Gasteiger partial charge < -0.3 is 4.74 Å². The van der Waals surface area contributed by atoms with Gasteiger partial charge in [-0.3, -0.25) is 4.79 Å². The summed E-state index contributed by atoms with van der Waals surface area (Å²) in [5, 5.41) is 9.47.